The van der Waals surface area contributed by atoms with Gasteiger partial charge < -0.3 is 19.2 Å². The van der Waals surface area contributed by atoms with Crippen molar-refractivity contribution in [1.29, 1.82) is 0 Å². The van der Waals surface area contributed by atoms with Crippen LogP contribution in [0.3, 0.4) is 0 Å². The number of hydrogen-bond donors (Lipinski definition) is 0. The molecule has 0 spiro atoms. The van der Waals surface area contributed by atoms with E-state index in [1.165, 1.54) is 43.8 Å². The molecular formula is C42H27IrN4. The number of benzene rings is 6. The fourth-order valence-corrected chi connectivity index (χ4v) is 6.64. The molecule has 5 heteroatoms. The topological polar surface area (TPSA) is 23.8 Å². The SMILES string of the molecule is [Ir+3].[c-]1c(N2[CH-]N(c3ccccc3)c3ccccc32)cc2c3ccccc3n3c4ccccc4c1c23.[c-]1ccccc1-c1ccccn1. The zero-order valence-electron chi connectivity index (χ0n) is 25.2. The first-order valence-electron chi connectivity index (χ1n) is 15.4. The summed E-state index contributed by atoms with van der Waals surface area (Å²) in [7, 11) is 0. The van der Waals surface area contributed by atoms with Gasteiger partial charge in [-0.3, -0.25) is 0 Å². The van der Waals surface area contributed by atoms with Crippen LogP contribution in [0.4, 0.5) is 22.7 Å². The standard InChI is InChI=1S/C31H19N3.C11H8N.Ir/c1-2-10-21(11-3-1)32-20-33(30-17-9-8-16-29(30)32)22-18-25-23-12-4-6-14-27(23)34-28-15-7-5-13-24(28)26(19-22)31(25)34;1-2-6-10(7-3-1)11-8-4-5-9-12-11;/h1-18,20H;1-6,8-9H;/q-2;-1;+3. The smallest absolute Gasteiger partial charge is 0.488 e. The molecule has 0 radical (unpaired) electrons. The summed E-state index contributed by atoms with van der Waals surface area (Å²) in [5.41, 5.74) is 10.2. The van der Waals surface area contributed by atoms with E-state index in [0.29, 0.717) is 0 Å². The molecule has 4 heterocycles. The molecule has 0 saturated heterocycles. The summed E-state index contributed by atoms with van der Waals surface area (Å²) in [4.78, 5) is 8.74. The summed E-state index contributed by atoms with van der Waals surface area (Å²) < 4.78 is 2.40. The van der Waals surface area contributed by atoms with Crippen molar-refractivity contribution in [3.63, 3.8) is 0 Å². The van der Waals surface area contributed by atoms with Gasteiger partial charge in [0.15, 0.2) is 0 Å². The van der Waals surface area contributed by atoms with Crippen LogP contribution >= 0.6 is 0 Å². The van der Waals surface area contributed by atoms with Gasteiger partial charge in [0.2, 0.25) is 0 Å². The molecule has 6 aromatic carbocycles. The third-order valence-corrected chi connectivity index (χ3v) is 8.67. The molecule has 0 amide bonds. The van der Waals surface area contributed by atoms with Crippen LogP contribution in [0.15, 0.2) is 158 Å². The molecule has 9 aromatic rings. The Hall–Kier alpha value is -5.48. The minimum atomic E-state index is 0. The number of rotatable bonds is 3. The zero-order valence-corrected chi connectivity index (χ0v) is 27.6. The van der Waals surface area contributed by atoms with E-state index < -0.39 is 0 Å². The Morgan fingerprint density at radius 1 is 0.574 bits per heavy atom. The molecule has 0 unspecified atom stereocenters. The van der Waals surface area contributed by atoms with Gasteiger partial charge in [-0.15, -0.1) is 60.1 Å². The van der Waals surface area contributed by atoms with E-state index in [1.807, 2.05) is 42.5 Å². The fourth-order valence-electron chi connectivity index (χ4n) is 6.64. The molecule has 47 heavy (non-hydrogen) atoms. The van der Waals surface area contributed by atoms with Crippen LogP contribution in [0.2, 0.25) is 0 Å². The van der Waals surface area contributed by atoms with Gasteiger partial charge in [-0.2, -0.15) is 0 Å². The van der Waals surface area contributed by atoms with Crippen molar-refractivity contribution in [2.75, 3.05) is 9.80 Å². The Morgan fingerprint density at radius 2 is 1.23 bits per heavy atom. The van der Waals surface area contributed by atoms with Crippen LogP contribution in [0, 0.1) is 18.8 Å². The van der Waals surface area contributed by atoms with Crippen molar-refractivity contribution in [2.24, 2.45) is 0 Å². The second-order valence-electron chi connectivity index (χ2n) is 11.3. The number of anilines is 4. The van der Waals surface area contributed by atoms with E-state index in [4.69, 9.17) is 0 Å². The van der Waals surface area contributed by atoms with E-state index in [0.717, 1.165) is 28.3 Å². The van der Waals surface area contributed by atoms with Gasteiger partial charge in [0, 0.05) is 34.3 Å². The predicted molar refractivity (Wildman–Crippen MR) is 190 cm³/mol. The minimum Gasteiger partial charge on any atom is -0.488 e. The summed E-state index contributed by atoms with van der Waals surface area (Å²) >= 11 is 0. The van der Waals surface area contributed by atoms with Gasteiger partial charge in [0.05, 0.1) is 0 Å². The molecule has 1 aliphatic rings. The first-order chi connectivity index (χ1) is 22.8. The predicted octanol–water partition coefficient (Wildman–Crippen LogP) is 10.6. The average molecular weight is 780 g/mol. The molecule has 1 aliphatic heterocycles. The zero-order chi connectivity index (χ0) is 30.5. The number of nitrogens with zero attached hydrogens (tertiary/aromatic N) is 4. The third kappa shape index (κ3) is 4.83. The maximum Gasteiger partial charge on any atom is 3.00 e. The number of fused-ring (bicyclic) bond motifs is 7. The second-order valence-corrected chi connectivity index (χ2v) is 11.3. The van der Waals surface area contributed by atoms with Crippen molar-refractivity contribution in [3.05, 3.63) is 177 Å². The van der Waals surface area contributed by atoms with Crippen LogP contribution in [0.1, 0.15) is 0 Å². The number of aromatic nitrogens is 2. The second kappa shape index (κ2) is 12.0. The van der Waals surface area contributed by atoms with Gasteiger partial charge in [-0.25, -0.2) is 0 Å². The van der Waals surface area contributed by atoms with E-state index in [2.05, 4.69) is 147 Å². The monoisotopic (exact) mass is 780 g/mol. The Morgan fingerprint density at radius 3 is 1.98 bits per heavy atom. The summed E-state index contributed by atoms with van der Waals surface area (Å²) in [5, 5.41) is 4.95. The van der Waals surface area contributed by atoms with Crippen molar-refractivity contribution >= 4 is 60.8 Å². The van der Waals surface area contributed by atoms with E-state index >= 15 is 0 Å². The Bertz CT molecular complexity index is 2340. The molecule has 10 rings (SSSR count). The van der Waals surface area contributed by atoms with Crippen LogP contribution in [-0.2, 0) is 20.1 Å². The quantitative estimate of drug-likeness (QED) is 0.167. The molecule has 224 valence electrons. The first-order valence-corrected chi connectivity index (χ1v) is 15.4. The van der Waals surface area contributed by atoms with Gasteiger partial charge in [-0.05, 0) is 59.1 Å². The molecule has 0 N–H and O–H groups in total. The summed E-state index contributed by atoms with van der Waals surface area (Å²) in [6.45, 7) is 2.18. The number of para-hydroxylation sites is 5. The Labute approximate surface area is 286 Å². The van der Waals surface area contributed by atoms with Crippen LogP contribution in [-0.4, -0.2) is 9.38 Å². The van der Waals surface area contributed by atoms with Gasteiger partial charge in [0.25, 0.3) is 0 Å². The largest absolute Gasteiger partial charge is 3.00 e. The molecule has 0 saturated carbocycles. The van der Waals surface area contributed by atoms with Gasteiger partial charge >= 0.3 is 20.1 Å². The van der Waals surface area contributed by atoms with E-state index in [-0.39, 0.29) is 20.1 Å². The molecule has 0 bridgehead atoms. The third-order valence-electron chi connectivity index (χ3n) is 8.67. The number of pyridine rings is 1. The minimum absolute atomic E-state index is 0. The Kier molecular flexibility index (Phi) is 7.41. The normalized spacial score (nSPS) is 12.3. The maximum absolute atomic E-state index is 4.22. The van der Waals surface area contributed by atoms with Crippen LogP contribution in [0.5, 0.6) is 0 Å². The summed E-state index contributed by atoms with van der Waals surface area (Å²) in [6.07, 6.45) is 1.79. The molecule has 0 atom stereocenters. The fraction of sp³-hybridized carbons (Fsp3) is 0. The molecule has 0 aliphatic carbocycles. The van der Waals surface area contributed by atoms with Gasteiger partial charge in [-0.1, -0.05) is 95.3 Å². The van der Waals surface area contributed by atoms with Crippen LogP contribution < -0.4 is 9.80 Å². The van der Waals surface area contributed by atoms with Crippen molar-refractivity contribution in [2.45, 2.75) is 0 Å². The Balaban J connectivity index is 0.000000212. The van der Waals surface area contributed by atoms with Crippen molar-refractivity contribution in [3.8, 4) is 11.3 Å². The summed E-state index contributed by atoms with van der Waals surface area (Å²) in [6, 6.07) is 59.4. The van der Waals surface area contributed by atoms with E-state index in [9.17, 15) is 0 Å². The van der Waals surface area contributed by atoms with Crippen molar-refractivity contribution < 1.29 is 20.1 Å². The molecular weight excluding hydrogens is 753 g/mol. The molecule has 3 aromatic heterocycles. The van der Waals surface area contributed by atoms with E-state index in [1.54, 1.807) is 6.20 Å². The van der Waals surface area contributed by atoms with Gasteiger partial charge in [0.1, 0.15) is 0 Å². The molecule has 0 fully saturated rings. The van der Waals surface area contributed by atoms with Crippen LogP contribution in [0.25, 0.3) is 49.4 Å². The summed E-state index contributed by atoms with van der Waals surface area (Å²) in [5.74, 6) is 0. The molecule has 4 nitrogen and oxygen atoms in total. The maximum atomic E-state index is 4.22. The number of hydrogen-bond acceptors (Lipinski definition) is 3. The average Bonchev–Trinajstić information content (AvgIpc) is 3.80. The van der Waals surface area contributed by atoms with Crippen molar-refractivity contribution in [1.82, 2.24) is 9.38 Å². The first kappa shape index (κ1) is 29.0.